The van der Waals surface area contributed by atoms with Gasteiger partial charge >= 0.3 is 6.18 Å². The molecule has 0 heterocycles. The lowest BCUT2D eigenvalue weighted by Crippen LogP contribution is -2.14. The summed E-state index contributed by atoms with van der Waals surface area (Å²) in [5.41, 5.74) is -1.86. The second kappa shape index (κ2) is 6.93. The third kappa shape index (κ3) is 3.71. The Hall–Kier alpha value is -2.05. The van der Waals surface area contributed by atoms with Crippen LogP contribution in [-0.4, -0.2) is 6.17 Å². The molecule has 2 aromatic rings. The van der Waals surface area contributed by atoms with Crippen LogP contribution >= 0.6 is 0 Å². The molecule has 0 spiro atoms. The van der Waals surface area contributed by atoms with Crippen molar-refractivity contribution in [3.8, 4) is 11.1 Å². The first kappa shape index (κ1) is 18.7. The summed E-state index contributed by atoms with van der Waals surface area (Å²) in [5, 5.41) is 0. The van der Waals surface area contributed by atoms with Crippen molar-refractivity contribution in [2.45, 2.75) is 43.9 Å². The molecule has 7 heteroatoms. The first-order valence-electron chi connectivity index (χ1n) is 8.17. The molecule has 0 radical (unpaired) electrons. The van der Waals surface area contributed by atoms with Crippen LogP contribution in [0.3, 0.4) is 0 Å². The van der Waals surface area contributed by atoms with E-state index in [0.717, 1.165) is 0 Å². The van der Waals surface area contributed by atoms with Crippen LogP contribution < -0.4 is 0 Å². The molecule has 3 rings (SSSR count). The molecule has 1 aliphatic carbocycles. The van der Waals surface area contributed by atoms with Crippen LogP contribution in [0.25, 0.3) is 11.1 Å². The van der Waals surface area contributed by atoms with E-state index >= 15 is 0 Å². The van der Waals surface area contributed by atoms with E-state index in [0.29, 0.717) is 43.4 Å². The monoisotopic (exact) mass is 376 g/mol. The lowest BCUT2D eigenvalue weighted by molar-refractivity contribution is -0.142. The number of halogens is 7. The Kier molecular flexibility index (Phi) is 4.99. The van der Waals surface area contributed by atoms with E-state index in [-0.39, 0.29) is 17.0 Å². The minimum atomic E-state index is -5.18. The molecule has 0 saturated heterocycles. The molecule has 0 bridgehead atoms. The van der Waals surface area contributed by atoms with Crippen molar-refractivity contribution in [2.75, 3.05) is 0 Å². The third-order valence-electron chi connectivity index (χ3n) is 4.76. The molecule has 0 nitrogen and oxygen atoms in total. The highest BCUT2D eigenvalue weighted by atomic mass is 19.4. The summed E-state index contributed by atoms with van der Waals surface area (Å²) in [5.74, 6) is -4.38. The standard InChI is InChI=1S/C19H15F7/c20-13-4-1-10(2-5-13)11-3-6-14(15(21)7-11)12-8-16(22)18(17(23)9-12)19(24,25)26/h3,6-10,13H,1-2,4-5H2. The fraction of sp³-hybridized carbons (Fsp3) is 0.368. The van der Waals surface area contributed by atoms with E-state index in [9.17, 15) is 30.7 Å². The quantitative estimate of drug-likeness (QED) is 0.507. The molecule has 1 aliphatic rings. The molecule has 0 N–H and O–H groups in total. The van der Waals surface area contributed by atoms with Crippen LogP contribution in [0.1, 0.15) is 42.7 Å². The van der Waals surface area contributed by atoms with Crippen molar-refractivity contribution < 1.29 is 30.7 Å². The summed E-state index contributed by atoms with van der Waals surface area (Å²) in [6.45, 7) is 0. The van der Waals surface area contributed by atoms with Gasteiger partial charge in [-0.2, -0.15) is 13.2 Å². The molecule has 0 aromatic heterocycles. The molecule has 26 heavy (non-hydrogen) atoms. The zero-order valence-corrected chi connectivity index (χ0v) is 13.5. The van der Waals surface area contributed by atoms with Gasteiger partial charge in [0.2, 0.25) is 0 Å². The Morgan fingerprint density at radius 3 is 1.85 bits per heavy atom. The van der Waals surface area contributed by atoms with Gasteiger partial charge in [0.1, 0.15) is 29.2 Å². The molecule has 2 aromatic carbocycles. The first-order valence-corrected chi connectivity index (χ1v) is 8.17. The fourth-order valence-corrected chi connectivity index (χ4v) is 3.40. The first-order chi connectivity index (χ1) is 12.2. The molecule has 0 unspecified atom stereocenters. The van der Waals surface area contributed by atoms with Crippen molar-refractivity contribution in [1.82, 2.24) is 0 Å². The van der Waals surface area contributed by atoms with Gasteiger partial charge in [0.15, 0.2) is 0 Å². The molecular weight excluding hydrogens is 361 g/mol. The van der Waals surface area contributed by atoms with Gasteiger partial charge in [0.25, 0.3) is 0 Å². The largest absolute Gasteiger partial charge is 0.422 e. The lowest BCUT2D eigenvalue weighted by atomic mass is 9.83. The number of rotatable bonds is 2. The summed E-state index contributed by atoms with van der Waals surface area (Å²) in [6, 6.07) is 4.99. The summed E-state index contributed by atoms with van der Waals surface area (Å²) in [7, 11) is 0. The summed E-state index contributed by atoms with van der Waals surface area (Å²) in [6.07, 6.45) is -4.10. The SMILES string of the molecule is Fc1cc(C2CCC(F)CC2)ccc1-c1cc(F)c(C(F)(F)F)c(F)c1. The average Bonchev–Trinajstić information content (AvgIpc) is 2.53. The maximum atomic E-state index is 14.4. The summed E-state index contributed by atoms with van der Waals surface area (Å²) < 4.78 is 92.9. The van der Waals surface area contributed by atoms with Gasteiger partial charge in [-0.3, -0.25) is 0 Å². The topological polar surface area (TPSA) is 0 Å². The minimum absolute atomic E-state index is 0.00775. The highest BCUT2D eigenvalue weighted by Crippen LogP contribution is 2.38. The van der Waals surface area contributed by atoms with Crippen molar-refractivity contribution >= 4 is 0 Å². The third-order valence-corrected chi connectivity index (χ3v) is 4.76. The van der Waals surface area contributed by atoms with Crippen molar-refractivity contribution in [2.24, 2.45) is 0 Å². The number of benzene rings is 2. The Bertz CT molecular complexity index is 779. The van der Waals surface area contributed by atoms with Gasteiger partial charge in [-0.15, -0.1) is 0 Å². The van der Waals surface area contributed by atoms with Crippen LogP contribution in [0.4, 0.5) is 30.7 Å². The van der Waals surface area contributed by atoms with Crippen molar-refractivity contribution in [3.63, 3.8) is 0 Å². The normalized spacial score (nSPS) is 21.0. The number of hydrogen-bond donors (Lipinski definition) is 0. The maximum Gasteiger partial charge on any atom is 0.422 e. The van der Waals surface area contributed by atoms with Crippen LogP contribution in [0.5, 0.6) is 0 Å². The highest BCUT2D eigenvalue weighted by Gasteiger charge is 2.38. The van der Waals surface area contributed by atoms with Crippen molar-refractivity contribution in [3.05, 3.63) is 58.9 Å². The van der Waals surface area contributed by atoms with E-state index in [1.54, 1.807) is 6.07 Å². The smallest absolute Gasteiger partial charge is 0.247 e. The summed E-state index contributed by atoms with van der Waals surface area (Å²) in [4.78, 5) is 0. The van der Waals surface area contributed by atoms with E-state index in [2.05, 4.69) is 0 Å². The van der Waals surface area contributed by atoms with Gasteiger partial charge in [-0.1, -0.05) is 12.1 Å². The van der Waals surface area contributed by atoms with Gasteiger partial charge in [0.05, 0.1) is 0 Å². The van der Waals surface area contributed by atoms with Gasteiger partial charge in [-0.25, -0.2) is 17.6 Å². The zero-order valence-electron chi connectivity index (χ0n) is 13.5. The van der Waals surface area contributed by atoms with Crippen LogP contribution in [0, 0.1) is 17.5 Å². The average molecular weight is 376 g/mol. The molecule has 1 fully saturated rings. The Morgan fingerprint density at radius 1 is 0.769 bits per heavy atom. The van der Waals surface area contributed by atoms with Gasteiger partial charge < -0.3 is 0 Å². The van der Waals surface area contributed by atoms with Crippen molar-refractivity contribution in [1.29, 1.82) is 0 Å². The fourth-order valence-electron chi connectivity index (χ4n) is 3.40. The molecule has 1 saturated carbocycles. The second-order valence-corrected chi connectivity index (χ2v) is 6.50. The van der Waals surface area contributed by atoms with Crippen LogP contribution in [-0.2, 0) is 6.18 Å². The molecule has 0 atom stereocenters. The van der Waals surface area contributed by atoms with E-state index < -0.39 is 35.4 Å². The van der Waals surface area contributed by atoms with E-state index in [1.807, 2.05) is 0 Å². The molecule has 0 aliphatic heterocycles. The number of alkyl halides is 4. The van der Waals surface area contributed by atoms with E-state index in [1.165, 1.54) is 12.1 Å². The number of hydrogen-bond acceptors (Lipinski definition) is 0. The Balaban J connectivity index is 1.93. The molecule has 140 valence electrons. The molecular formula is C19H15F7. The zero-order chi connectivity index (χ0) is 19.1. The van der Waals surface area contributed by atoms with E-state index in [4.69, 9.17) is 0 Å². The van der Waals surface area contributed by atoms with Gasteiger partial charge in [0, 0.05) is 5.56 Å². The Labute approximate surface area is 145 Å². The molecule has 0 amide bonds. The van der Waals surface area contributed by atoms with Gasteiger partial charge in [-0.05, 0) is 60.9 Å². The predicted octanol–water partition coefficient (Wildman–Crippen LogP) is 6.79. The lowest BCUT2D eigenvalue weighted by Gasteiger charge is -2.24. The minimum Gasteiger partial charge on any atom is -0.247 e. The second-order valence-electron chi connectivity index (χ2n) is 6.50. The van der Waals surface area contributed by atoms with Crippen LogP contribution in [0.15, 0.2) is 30.3 Å². The highest BCUT2D eigenvalue weighted by molar-refractivity contribution is 5.65. The van der Waals surface area contributed by atoms with Crippen LogP contribution in [0.2, 0.25) is 0 Å². The predicted molar refractivity (Wildman–Crippen MR) is 82.9 cm³/mol. The summed E-state index contributed by atoms with van der Waals surface area (Å²) >= 11 is 0. The Morgan fingerprint density at radius 2 is 1.35 bits per heavy atom. The maximum absolute atomic E-state index is 14.4.